The molecule has 206 valence electrons. The van der Waals surface area contributed by atoms with Crippen LogP contribution in [0.5, 0.6) is 0 Å². The third-order valence-corrected chi connectivity index (χ3v) is 9.96. The van der Waals surface area contributed by atoms with Crippen molar-refractivity contribution in [2.45, 2.75) is 36.7 Å². The van der Waals surface area contributed by atoms with Gasteiger partial charge in [-0.1, -0.05) is 63.4 Å². The van der Waals surface area contributed by atoms with E-state index in [1.165, 1.54) is 22.7 Å². The second-order valence-electron chi connectivity index (χ2n) is 9.61. The number of carbonyl (C=O) groups is 1. The number of sulfonamides is 1. The fourth-order valence-electron chi connectivity index (χ4n) is 4.43. The second kappa shape index (κ2) is 11.6. The Balaban J connectivity index is 1.23. The zero-order chi connectivity index (χ0) is 27.7. The van der Waals surface area contributed by atoms with Gasteiger partial charge in [-0.2, -0.15) is 4.31 Å². The Bertz CT molecular complexity index is 1500. The van der Waals surface area contributed by atoms with Crippen LogP contribution in [-0.4, -0.2) is 62.1 Å². The highest BCUT2D eigenvalue weighted by Crippen LogP contribution is 2.39. The van der Waals surface area contributed by atoms with Crippen LogP contribution in [-0.2, 0) is 23.0 Å². The number of rotatable bonds is 10. The summed E-state index contributed by atoms with van der Waals surface area (Å²) in [7, 11) is -2.27. The first kappa shape index (κ1) is 28.2. The number of nitrogens with zero attached hydrogens (tertiary/aromatic N) is 3. The number of carbonyl (C=O) groups excluding carboxylic acids is 1. The van der Waals surface area contributed by atoms with Crippen LogP contribution in [0.15, 0.2) is 67.5 Å². The van der Waals surface area contributed by atoms with E-state index in [1.807, 2.05) is 24.3 Å². The number of furan rings is 1. The van der Waals surface area contributed by atoms with E-state index in [-0.39, 0.29) is 33.4 Å². The van der Waals surface area contributed by atoms with Gasteiger partial charge in [0.05, 0.1) is 28.7 Å². The minimum Gasteiger partial charge on any atom is -0.467 e. The smallest absolute Gasteiger partial charge is 0.256 e. The quantitative estimate of drug-likeness (QED) is 0.318. The van der Waals surface area contributed by atoms with Crippen LogP contribution in [0.25, 0.3) is 0 Å². The number of nitrogens with one attached hydrogen (secondary N) is 1. The Kier molecular flexibility index (Phi) is 8.40. The highest BCUT2D eigenvalue weighted by molar-refractivity contribution is 9.10. The Morgan fingerprint density at radius 2 is 1.85 bits per heavy atom. The zero-order valence-electron chi connectivity index (χ0n) is 21.2. The van der Waals surface area contributed by atoms with Gasteiger partial charge in [0.1, 0.15) is 22.8 Å². The third kappa shape index (κ3) is 6.36. The highest BCUT2D eigenvalue weighted by Gasteiger charge is 2.40. The molecule has 1 aromatic heterocycles. The van der Waals surface area contributed by atoms with Gasteiger partial charge in [0.15, 0.2) is 0 Å². The molecule has 3 aromatic rings. The van der Waals surface area contributed by atoms with Crippen molar-refractivity contribution in [3.05, 3.63) is 85.7 Å². The average Bonchev–Trinajstić information content (AvgIpc) is 3.36. The SMILES string of the molecule is CN(CCc1ccc(C2=NCCN2)cc1)C(=O)c1coc(CN(C2CC2)S(=O)(=O)c2c(Cl)cc(Br)cc2Cl)c1. The van der Waals surface area contributed by atoms with Crippen LogP contribution in [0, 0.1) is 0 Å². The average molecular weight is 654 g/mol. The molecule has 1 aliphatic carbocycles. The molecule has 12 heteroatoms. The number of likely N-dealkylation sites (N-methyl/N-ethyl adjacent to an activating group) is 1. The molecule has 1 saturated carbocycles. The summed E-state index contributed by atoms with van der Waals surface area (Å²) in [4.78, 5) is 19.0. The molecule has 1 aliphatic heterocycles. The van der Waals surface area contributed by atoms with Gasteiger partial charge in [0, 0.05) is 36.2 Å². The molecule has 1 fully saturated rings. The van der Waals surface area contributed by atoms with Gasteiger partial charge in [-0.05, 0) is 43.0 Å². The van der Waals surface area contributed by atoms with Crippen molar-refractivity contribution in [2.75, 3.05) is 26.7 Å². The Labute approximate surface area is 246 Å². The molecule has 39 heavy (non-hydrogen) atoms. The van der Waals surface area contributed by atoms with E-state index >= 15 is 0 Å². The fourth-order valence-corrected chi connectivity index (χ4v) is 7.97. The first-order chi connectivity index (χ1) is 18.6. The van der Waals surface area contributed by atoms with Gasteiger partial charge in [0.2, 0.25) is 10.0 Å². The summed E-state index contributed by atoms with van der Waals surface area (Å²) in [6.07, 6.45) is 3.52. The lowest BCUT2D eigenvalue weighted by Gasteiger charge is -2.22. The van der Waals surface area contributed by atoms with Gasteiger partial charge < -0.3 is 14.6 Å². The molecule has 0 atom stereocenters. The van der Waals surface area contributed by atoms with Crippen molar-refractivity contribution in [2.24, 2.45) is 4.99 Å². The monoisotopic (exact) mass is 652 g/mol. The Morgan fingerprint density at radius 3 is 2.46 bits per heavy atom. The first-order valence-electron chi connectivity index (χ1n) is 12.5. The zero-order valence-corrected chi connectivity index (χ0v) is 25.1. The number of hydrogen-bond donors (Lipinski definition) is 1. The van der Waals surface area contributed by atoms with E-state index in [9.17, 15) is 13.2 Å². The maximum atomic E-state index is 13.6. The van der Waals surface area contributed by atoms with Gasteiger partial charge in [-0.3, -0.25) is 9.79 Å². The molecule has 0 radical (unpaired) electrons. The van der Waals surface area contributed by atoms with E-state index in [1.54, 1.807) is 18.0 Å². The first-order valence-corrected chi connectivity index (χ1v) is 15.5. The maximum absolute atomic E-state index is 13.6. The van der Waals surface area contributed by atoms with Gasteiger partial charge in [0.25, 0.3) is 5.91 Å². The molecule has 1 amide bonds. The van der Waals surface area contributed by atoms with Crippen LogP contribution in [0.4, 0.5) is 0 Å². The van der Waals surface area contributed by atoms with Gasteiger partial charge in [-0.25, -0.2) is 8.42 Å². The summed E-state index contributed by atoms with van der Waals surface area (Å²) in [6.45, 7) is 2.14. The minimum atomic E-state index is -4.01. The Hall–Kier alpha value is -2.37. The molecule has 8 nitrogen and oxygen atoms in total. The second-order valence-corrected chi connectivity index (χ2v) is 13.2. The van der Waals surface area contributed by atoms with Crippen molar-refractivity contribution in [1.82, 2.24) is 14.5 Å². The van der Waals surface area contributed by atoms with Crippen molar-refractivity contribution >= 4 is 60.9 Å². The molecule has 0 spiro atoms. The molecule has 0 unspecified atom stereocenters. The largest absolute Gasteiger partial charge is 0.467 e. The fraction of sp³-hybridized carbons (Fsp3) is 0.333. The van der Waals surface area contributed by atoms with Crippen LogP contribution < -0.4 is 5.32 Å². The highest BCUT2D eigenvalue weighted by atomic mass is 79.9. The van der Waals surface area contributed by atoms with Crippen LogP contribution in [0.2, 0.25) is 10.0 Å². The van der Waals surface area contributed by atoms with Crippen molar-refractivity contribution in [1.29, 1.82) is 0 Å². The molecule has 2 heterocycles. The summed E-state index contributed by atoms with van der Waals surface area (Å²) in [5.41, 5.74) is 2.53. The number of amides is 1. The lowest BCUT2D eigenvalue weighted by molar-refractivity contribution is 0.0796. The Morgan fingerprint density at radius 1 is 1.15 bits per heavy atom. The van der Waals surface area contributed by atoms with E-state index in [4.69, 9.17) is 27.6 Å². The third-order valence-electron chi connectivity index (χ3n) is 6.68. The van der Waals surface area contributed by atoms with E-state index in [0.29, 0.717) is 28.8 Å². The number of aliphatic imine (C=N–C) groups is 1. The predicted octanol–water partition coefficient (Wildman–Crippen LogP) is 5.37. The lowest BCUT2D eigenvalue weighted by atomic mass is 10.1. The van der Waals surface area contributed by atoms with E-state index < -0.39 is 10.0 Å². The van der Waals surface area contributed by atoms with E-state index in [0.717, 1.165) is 42.9 Å². The van der Waals surface area contributed by atoms with E-state index in [2.05, 4.69) is 26.2 Å². The van der Waals surface area contributed by atoms with Gasteiger partial charge in [-0.15, -0.1) is 0 Å². The summed E-state index contributed by atoms with van der Waals surface area (Å²) < 4.78 is 34.7. The topological polar surface area (TPSA) is 95.2 Å². The summed E-state index contributed by atoms with van der Waals surface area (Å²) in [5.74, 6) is 1.08. The lowest BCUT2D eigenvalue weighted by Crippen LogP contribution is -2.33. The molecular weight excluding hydrogens is 627 g/mol. The predicted molar refractivity (Wildman–Crippen MR) is 155 cm³/mol. The van der Waals surface area contributed by atoms with Crippen LogP contribution in [0.1, 0.15) is 40.1 Å². The molecule has 2 aliphatic rings. The number of benzene rings is 2. The number of hydrogen-bond acceptors (Lipinski definition) is 6. The molecule has 1 N–H and O–H groups in total. The summed E-state index contributed by atoms with van der Waals surface area (Å²) in [5, 5.41) is 3.34. The van der Waals surface area contributed by atoms with Crippen LogP contribution in [0.3, 0.4) is 0 Å². The van der Waals surface area contributed by atoms with Crippen molar-refractivity contribution < 1.29 is 17.6 Å². The van der Waals surface area contributed by atoms with Crippen LogP contribution >= 0.6 is 39.1 Å². The normalized spacial score (nSPS) is 15.4. The van der Waals surface area contributed by atoms with Crippen molar-refractivity contribution in [3.63, 3.8) is 0 Å². The minimum absolute atomic E-state index is 0.0286. The maximum Gasteiger partial charge on any atom is 0.256 e. The molecule has 2 aromatic carbocycles. The summed E-state index contributed by atoms with van der Waals surface area (Å²) in [6, 6.07) is 12.6. The number of amidine groups is 1. The molecule has 0 bridgehead atoms. The van der Waals surface area contributed by atoms with Gasteiger partial charge >= 0.3 is 0 Å². The summed E-state index contributed by atoms with van der Waals surface area (Å²) >= 11 is 15.8. The standard InChI is InChI=1S/C27H27BrCl2N4O4S/c1-33(11-8-17-2-4-18(5-3-17)26-31-9-10-32-26)27(35)19-12-22(38-16-19)15-34(21-6-7-21)39(36,37)25-23(29)13-20(28)14-24(25)30/h2-5,12-14,16,21H,6-11,15H2,1H3,(H,31,32). The molecule has 5 rings (SSSR count). The molecule has 0 saturated heterocycles. The molecular formula is C27H27BrCl2N4O4S. The number of halogens is 3. The van der Waals surface area contributed by atoms with Crippen molar-refractivity contribution in [3.8, 4) is 0 Å².